The van der Waals surface area contributed by atoms with Crippen molar-refractivity contribution in [3.8, 4) is 0 Å². The lowest BCUT2D eigenvalue weighted by atomic mass is 9.74. The molecule has 8 nitrogen and oxygen atoms in total. The van der Waals surface area contributed by atoms with E-state index in [4.69, 9.17) is 9.47 Å². The highest BCUT2D eigenvalue weighted by Gasteiger charge is 2.74. The van der Waals surface area contributed by atoms with Crippen molar-refractivity contribution >= 4 is 17.8 Å². The van der Waals surface area contributed by atoms with E-state index in [0.717, 1.165) is 12.8 Å². The van der Waals surface area contributed by atoms with Gasteiger partial charge in [0.05, 0.1) is 11.5 Å². The molecule has 4 heterocycles. The minimum absolute atomic E-state index is 0.0125. The number of aliphatic hydroxyl groups is 1. The number of ether oxygens (including phenoxy) is 2. The first kappa shape index (κ1) is 22.0. The molecule has 2 unspecified atom stereocenters. The first-order valence-electron chi connectivity index (χ1n) is 11.2. The van der Waals surface area contributed by atoms with E-state index in [-0.39, 0.29) is 37.6 Å². The molecule has 0 aromatic rings. The maximum Gasteiger partial charge on any atom is 0.313 e. The number of nitrogens with zero attached hydrogens (tertiary/aromatic N) is 2. The van der Waals surface area contributed by atoms with Crippen molar-refractivity contribution in [3.05, 3.63) is 24.3 Å². The van der Waals surface area contributed by atoms with E-state index in [1.165, 1.54) is 4.90 Å². The highest BCUT2D eigenvalue weighted by atomic mass is 16.6. The number of rotatable bonds is 6. The van der Waals surface area contributed by atoms with Gasteiger partial charge in [0, 0.05) is 25.7 Å². The van der Waals surface area contributed by atoms with Crippen LogP contribution in [0, 0.1) is 11.8 Å². The Bertz CT molecular complexity index is 825. The quantitative estimate of drug-likeness (QED) is 0.498. The van der Waals surface area contributed by atoms with Crippen molar-refractivity contribution in [3.63, 3.8) is 0 Å². The molecular weight excluding hydrogens is 400 g/mol. The molecule has 170 valence electrons. The summed E-state index contributed by atoms with van der Waals surface area (Å²) < 4.78 is 11.9. The second-order valence-corrected chi connectivity index (χ2v) is 9.17. The average molecular weight is 433 g/mol. The molecule has 2 saturated heterocycles. The Morgan fingerprint density at radius 3 is 2.68 bits per heavy atom. The third-order valence-electron chi connectivity index (χ3n) is 7.14. The van der Waals surface area contributed by atoms with E-state index >= 15 is 0 Å². The van der Waals surface area contributed by atoms with Gasteiger partial charge in [0.25, 0.3) is 0 Å². The minimum Gasteiger partial charge on any atom is -0.461 e. The maximum atomic E-state index is 13.9. The lowest BCUT2D eigenvalue weighted by Gasteiger charge is -2.38. The van der Waals surface area contributed by atoms with Crippen LogP contribution in [0.4, 0.5) is 0 Å². The zero-order valence-electron chi connectivity index (χ0n) is 18.5. The molecule has 0 bridgehead atoms. The Hall–Kier alpha value is -2.19. The van der Waals surface area contributed by atoms with Crippen LogP contribution in [0.15, 0.2) is 24.3 Å². The summed E-state index contributed by atoms with van der Waals surface area (Å²) in [6.07, 6.45) is 9.38. The molecule has 0 aromatic carbocycles. The van der Waals surface area contributed by atoms with Crippen LogP contribution in [-0.2, 0) is 23.9 Å². The number of carbonyl (C=O) groups excluding carboxylic acids is 3. The van der Waals surface area contributed by atoms with Crippen LogP contribution in [-0.4, -0.2) is 82.3 Å². The average Bonchev–Trinajstić information content (AvgIpc) is 2.97. The topological polar surface area (TPSA) is 96.4 Å². The molecule has 2 fully saturated rings. The smallest absolute Gasteiger partial charge is 0.313 e. The molecule has 2 amide bonds. The molecule has 4 aliphatic heterocycles. The zero-order chi connectivity index (χ0) is 22.4. The lowest BCUT2D eigenvalue weighted by Crippen LogP contribution is -2.57. The van der Waals surface area contributed by atoms with Crippen LogP contribution >= 0.6 is 0 Å². The van der Waals surface area contributed by atoms with Gasteiger partial charge in [-0.15, -0.1) is 0 Å². The monoisotopic (exact) mass is 432 g/mol. The van der Waals surface area contributed by atoms with Crippen LogP contribution < -0.4 is 0 Å². The van der Waals surface area contributed by atoms with E-state index in [1.54, 1.807) is 24.0 Å². The molecule has 8 heteroatoms. The van der Waals surface area contributed by atoms with E-state index in [2.05, 4.69) is 6.92 Å². The fourth-order valence-electron chi connectivity index (χ4n) is 5.82. The summed E-state index contributed by atoms with van der Waals surface area (Å²) >= 11 is 0. The van der Waals surface area contributed by atoms with Gasteiger partial charge in [-0.2, -0.15) is 0 Å². The van der Waals surface area contributed by atoms with Gasteiger partial charge < -0.3 is 24.4 Å². The molecule has 31 heavy (non-hydrogen) atoms. The largest absolute Gasteiger partial charge is 0.461 e. The van der Waals surface area contributed by atoms with Gasteiger partial charge in [-0.25, -0.2) is 0 Å². The van der Waals surface area contributed by atoms with Gasteiger partial charge in [0.2, 0.25) is 11.8 Å². The van der Waals surface area contributed by atoms with Gasteiger partial charge >= 0.3 is 5.97 Å². The second-order valence-electron chi connectivity index (χ2n) is 9.17. The molecule has 0 radical (unpaired) electrons. The summed E-state index contributed by atoms with van der Waals surface area (Å²) in [4.78, 5) is 43.8. The van der Waals surface area contributed by atoms with E-state index in [0.29, 0.717) is 13.0 Å². The number of likely N-dealkylation sites (tertiary alicyclic amines) is 1. The summed E-state index contributed by atoms with van der Waals surface area (Å²) in [5.41, 5.74) is -2.28. The number of amides is 2. The summed E-state index contributed by atoms with van der Waals surface area (Å²) in [6.45, 7) is 6.57. The van der Waals surface area contributed by atoms with Gasteiger partial charge in [0.15, 0.2) is 0 Å². The predicted octanol–water partition coefficient (Wildman–Crippen LogP) is 1.04. The van der Waals surface area contributed by atoms with Crippen molar-refractivity contribution in [2.24, 2.45) is 11.8 Å². The Labute approximate surface area is 182 Å². The molecule has 0 aliphatic carbocycles. The number of esters is 1. The Kier molecular flexibility index (Phi) is 5.72. The lowest BCUT2D eigenvalue weighted by molar-refractivity contribution is -0.158. The number of cyclic esters (lactones) is 1. The van der Waals surface area contributed by atoms with Crippen molar-refractivity contribution in [2.45, 2.75) is 63.3 Å². The first-order chi connectivity index (χ1) is 14.8. The number of hydrogen-bond donors (Lipinski definition) is 1. The summed E-state index contributed by atoms with van der Waals surface area (Å²) in [6, 6.07) is -0.863. The molecular formula is C23H32N2O6. The number of carbonyl (C=O) groups is 3. The third-order valence-corrected chi connectivity index (χ3v) is 7.14. The van der Waals surface area contributed by atoms with Crippen molar-refractivity contribution in [2.75, 3.05) is 26.3 Å². The molecule has 4 rings (SSSR count). The Balaban J connectivity index is 1.82. The molecule has 4 aliphatic rings. The standard InChI is InChI=1S/C23H32N2O6/c1-4-8-15(2)24-11-5-10-23-16(17-21(29)30-14-6-9-22(17,3)31-23)19(27)25(12-7-13-26)18(23)20(24)28/h5-6,9-10,15-18,26H,4,7-8,11-14H2,1-3H3/t15?,16-,17-,18?,22+,23-/m0/s1. The maximum absolute atomic E-state index is 13.9. The van der Waals surface area contributed by atoms with Crippen molar-refractivity contribution in [1.82, 2.24) is 9.80 Å². The van der Waals surface area contributed by atoms with Crippen molar-refractivity contribution in [1.29, 1.82) is 0 Å². The normalized spacial score (nSPS) is 37.8. The summed E-state index contributed by atoms with van der Waals surface area (Å²) in [5, 5.41) is 9.39. The number of fused-ring (bicyclic) bond motifs is 2. The van der Waals surface area contributed by atoms with Crippen LogP contribution in [0.5, 0.6) is 0 Å². The summed E-state index contributed by atoms with van der Waals surface area (Å²) in [5.74, 6) is -2.62. The first-order valence-corrected chi connectivity index (χ1v) is 11.2. The SMILES string of the molecule is CCCC(C)N1CC=C[C@]23O[C@]4(C)C=CCOC(=O)[C@@H]4[C@H]2C(=O)N(CCCO)C3C1=O. The molecule has 1 N–H and O–H groups in total. The van der Waals surface area contributed by atoms with Gasteiger partial charge in [-0.05, 0) is 32.8 Å². The fourth-order valence-corrected chi connectivity index (χ4v) is 5.82. The van der Waals surface area contributed by atoms with Crippen LogP contribution in [0.2, 0.25) is 0 Å². The third kappa shape index (κ3) is 3.22. The van der Waals surface area contributed by atoms with Gasteiger partial charge in [0.1, 0.15) is 24.2 Å². The van der Waals surface area contributed by atoms with Gasteiger partial charge in [-0.1, -0.05) is 31.6 Å². The molecule has 6 atom stereocenters. The van der Waals surface area contributed by atoms with Crippen LogP contribution in [0.1, 0.15) is 40.0 Å². The minimum atomic E-state index is -1.25. The fraction of sp³-hybridized carbons (Fsp3) is 0.696. The number of aliphatic hydroxyl groups excluding tert-OH is 1. The Morgan fingerprint density at radius 2 is 1.97 bits per heavy atom. The molecule has 1 spiro atoms. The molecule has 0 saturated carbocycles. The summed E-state index contributed by atoms with van der Waals surface area (Å²) in [7, 11) is 0. The zero-order valence-corrected chi connectivity index (χ0v) is 18.5. The van der Waals surface area contributed by atoms with Gasteiger partial charge in [-0.3, -0.25) is 14.4 Å². The van der Waals surface area contributed by atoms with E-state index in [1.807, 2.05) is 19.1 Å². The second kappa shape index (κ2) is 8.06. The number of hydrogen-bond acceptors (Lipinski definition) is 6. The van der Waals surface area contributed by atoms with E-state index < -0.39 is 35.0 Å². The van der Waals surface area contributed by atoms with Crippen LogP contribution in [0.25, 0.3) is 0 Å². The van der Waals surface area contributed by atoms with E-state index in [9.17, 15) is 19.5 Å². The Morgan fingerprint density at radius 1 is 1.19 bits per heavy atom. The highest BCUT2D eigenvalue weighted by Crippen LogP contribution is 2.57. The molecule has 0 aromatic heterocycles. The highest BCUT2D eigenvalue weighted by molar-refractivity contribution is 5.99. The van der Waals surface area contributed by atoms with Crippen LogP contribution in [0.3, 0.4) is 0 Å². The van der Waals surface area contributed by atoms with Crippen molar-refractivity contribution < 1.29 is 29.0 Å². The predicted molar refractivity (Wildman–Crippen MR) is 112 cm³/mol.